The van der Waals surface area contributed by atoms with Crippen LogP contribution in [0.4, 0.5) is 5.82 Å². The normalized spacial score (nSPS) is 17.3. The first-order valence-corrected chi connectivity index (χ1v) is 8.13. The summed E-state index contributed by atoms with van der Waals surface area (Å²) in [6.45, 7) is 1.39. The highest BCUT2D eigenvalue weighted by atomic mass is 35.5. The van der Waals surface area contributed by atoms with Gasteiger partial charge in [-0.15, -0.1) is 0 Å². The molecule has 2 aromatic heterocycles. The van der Waals surface area contributed by atoms with Gasteiger partial charge in [0.1, 0.15) is 22.8 Å². The highest BCUT2D eigenvalue weighted by Gasteiger charge is 2.17. The van der Waals surface area contributed by atoms with Gasteiger partial charge in [0.15, 0.2) is 0 Å². The van der Waals surface area contributed by atoms with Crippen LogP contribution in [0.2, 0.25) is 5.15 Å². The van der Waals surface area contributed by atoms with E-state index in [1.165, 1.54) is 0 Å². The Morgan fingerprint density at radius 3 is 2.88 bits per heavy atom. The molecule has 2 N–H and O–H groups in total. The maximum absolute atomic E-state index is 6.12. The van der Waals surface area contributed by atoms with Crippen molar-refractivity contribution >= 4 is 28.2 Å². The summed E-state index contributed by atoms with van der Waals surface area (Å²) in [6.07, 6.45) is 2.71. The van der Waals surface area contributed by atoms with Gasteiger partial charge in [-0.05, 0) is 41.8 Å². The molecule has 1 saturated heterocycles. The zero-order valence-electron chi connectivity index (χ0n) is 12.9. The lowest BCUT2D eigenvalue weighted by Crippen LogP contribution is -2.15. The minimum absolute atomic E-state index is 0.113. The summed E-state index contributed by atoms with van der Waals surface area (Å²) in [5.74, 6) is 1.29. The molecule has 3 heterocycles. The summed E-state index contributed by atoms with van der Waals surface area (Å²) in [5, 5.41) is 2.32. The molecule has 1 fully saturated rings. The summed E-state index contributed by atoms with van der Waals surface area (Å²) in [6, 6.07) is 11.4. The van der Waals surface area contributed by atoms with Crippen molar-refractivity contribution in [3.05, 3.63) is 47.7 Å². The lowest BCUT2D eigenvalue weighted by Gasteiger charge is -2.13. The number of anilines is 1. The van der Waals surface area contributed by atoms with Gasteiger partial charge in [0, 0.05) is 23.6 Å². The number of nitrogen functional groups attached to an aromatic ring is 1. The number of rotatable bonds is 3. The standard InChI is InChI=1S/C18H16ClN3O2/c19-17-4-1-11(9-21-17)16-8-12-7-13(24-14-5-6-23-10-14)2-3-15(12)18(20)22-16/h1-4,7-9,14H,5-6,10H2,(H2,20,22). The van der Waals surface area contributed by atoms with Crippen LogP contribution in [-0.4, -0.2) is 29.3 Å². The number of aromatic nitrogens is 2. The lowest BCUT2D eigenvalue weighted by atomic mass is 10.1. The van der Waals surface area contributed by atoms with E-state index < -0.39 is 0 Å². The second-order valence-corrected chi connectivity index (χ2v) is 6.14. The van der Waals surface area contributed by atoms with Crippen molar-refractivity contribution in [3.8, 4) is 17.0 Å². The van der Waals surface area contributed by atoms with Crippen LogP contribution in [-0.2, 0) is 4.74 Å². The Bertz CT molecular complexity index is 877. The van der Waals surface area contributed by atoms with Gasteiger partial charge >= 0.3 is 0 Å². The number of halogens is 1. The van der Waals surface area contributed by atoms with E-state index in [1.807, 2.05) is 30.3 Å². The first-order chi connectivity index (χ1) is 11.7. The van der Waals surface area contributed by atoms with Crippen LogP contribution in [0.1, 0.15) is 6.42 Å². The third-order valence-electron chi connectivity index (χ3n) is 4.05. The molecule has 122 valence electrons. The van der Waals surface area contributed by atoms with Crippen molar-refractivity contribution < 1.29 is 9.47 Å². The number of pyridine rings is 2. The molecule has 0 radical (unpaired) electrons. The molecule has 1 aliphatic rings. The summed E-state index contributed by atoms with van der Waals surface area (Å²) in [5.41, 5.74) is 7.74. The van der Waals surface area contributed by atoms with E-state index in [2.05, 4.69) is 9.97 Å². The highest BCUT2D eigenvalue weighted by molar-refractivity contribution is 6.29. The van der Waals surface area contributed by atoms with E-state index in [4.69, 9.17) is 26.8 Å². The lowest BCUT2D eigenvalue weighted by molar-refractivity contribution is 0.141. The molecule has 0 bridgehead atoms. The minimum Gasteiger partial charge on any atom is -0.488 e. The number of benzene rings is 1. The van der Waals surface area contributed by atoms with Gasteiger partial charge < -0.3 is 15.2 Å². The predicted molar refractivity (Wildman–Crippen MR) is 94.2 cm³/mol. The van der Waals surface area contributed by atoms with Gasteiger partial charge in [0.2, 0.25) is 0 Å². The van der Waals surface area contributed by atoms with Crippen molar-refractivity contribution in [1.29, 1.82) is 0 Å². The van der Waals surface area contributed by atoms with Crippen LogP contribution in [0.5, 0.6) is 5.75 Å². The molecule has 24 heavy (non-hydrogen) atoms. The highest BCUT2D eigenvalue weighted by Crippen LogP contribution is 2.30. The smallest absolute Gasteiger partial charge is 0.131 e. The zero-order chi connectivity index (χ0) is 16.5. The average molecular weight is 342 g/mol. The number of hydrogen-bond acceptors (Lipinski definition) is 5. The van der Waals surface area contributed by atoms with E-state index >= 15 is 0 Å². The predicted octanol–water partition coefficient (Wildman–Crippen LogP) is 3.70. The zero-order valence-corrected chi connectivity index (χ0v) is 13.7. The maximum atomic E-state index is 6.12. The number of ether oxygens (including phenoxy) is 2. The van der Waals surface area contributed by atoms with Crippen LogP contribution in [0.25, 0.3) is 22.0 Å². The van der Waals surface area contributed by atoms with Gasteiger partial charge in [-0.1, -0.05) is 11.6 Å². The monoisotopic (exact) mass is 341 g/mol. The number of nitrogens with two attached hydrogens (primary N) is 1. The maximum Gasteiger partial charge on any atom is 0.131 e. The Morgan fingerprint density at radius 2 is 2.12 bits per heavy atom. The Kier molecular flexibility index (Phi) is 3.96. The van der Waals surface area contributed by atoms with Crippen LogP contribution in [0, 0.1) is 0 Å². The average Bonchev–Trinajstić information content (AvgIpc) is 3.08. The molecule has 5 nitrogen and oxygen atoms in total. The summed E-state index contributed by atoms with van der Waals surface area (Å²) in [4.78, 5) is 8.57. The fourth-order valence-corrected chi connectivity index (χ4v) is 2.92. The topological polar surface area (TPSA) is 70.3 Å². The molecule has 4 rings (SSSR count). The van der Waals surface area contributed by atoms with Crippen LogP contribution >= 0.6 is 11.6 Å². The third-order valence-corrected chi connectivity index (χ3v) is 4.27. The molecule has 1 atom stereocenters. The van der Waals surface area contributed by atoms with Crippen LogP contribution in [0.15, 0.2) is 42.6 Å². The van der Waals surface area contributed by atoms with E-state index in [9.17, 15) is 0 Å². The van der Waals surface area contributed by atoms with Crippen molar-refractivity contribution in [3.63, 3.8) is 0 Å². The third kappa shape index (κ3) is 3.00. The largest absolute Gasteiger partial charge is 0.488 e. The van der Waals surface area contributed by atoms with Crippen molar-refractivity contribution in [1.82, 2.24) is 9.97 Å². The molecule has 0 spiro atoms. The number of hydrogen-bond donors (Lipinski definition) is 1. The Balaban J connectivity index is 1.72. The van der Waals surface area contributed by atoms with Crippen molar-refractivity contribution in [2.24, 2.45) is 0 Å². The summed E-state index contributed by atoms with van der Waals surface area (Å²) in [7, 11) is 0. The van der Waals surface area contributed by atoms with E-state index in [-0.39, 0.29) is 6.10 Å². The fraction of sp³-hybridized carbons (Fsp3) is 0.222. The molecule has 0 aliphatic carbocycles. The van der Waals surface area contributed by atoms with Gasteiger partial charge in [-0.25, -0.2) is 9.97 Å². The van der Waals surface area contributed by atoms with Gasteiger partial charge in [-0.2, -0.15) is 0 Å². The van der Waals surface area contributed by atoms with E-state index in [0.29, 0.717) is 17.6 Å². The number of fused-ring (bicyclic) bond motifs is 1. The van der Waals surface area contributed by atoms with Gasteiger partial charge in [0.05, 0.1) is 18.9 Å². The molecule has 1 aliphatic heterocycles. The molecule has 1 unspecified atom stereocenters. The SMILES string of the molecule is Nc1nc(-c2ccc(Cl)nc2)cc2cc(OC3CCOC3)ccc12. The second kappa shape index (κ2) is 6.26. The Labute approximate surface area is 144 Å². The molecule has 6 heteroatoms. The Hall–Kier alpha value is -2.37. The van der Waals surface area contributed by atoms with Gasteiger partial charge in [0.25, 0.3) is 0 Å². The fourth-order valence-electron chi connectivity index (χ4n) is 2.81. The second-order valence-electron chi connectivity index (χ2n) is 5.75. The molecule has 0 saturated carbocycles. The quantitative estimate of drug-likeness (QED) is 0.735. The number of nitrogens with zero attached hydrogens (tertiary/aromatic N) is 2. The van der Waals surface area contributed by atoms with Crippen molar-refractivity contribution in [2.45, 2.75) is 12.5 Å². The summed E-state index contributed by atoms with van der Waals surface area (Å²) >= 11 is 5.84. The molecule has 0 amide bonds. The molecule has 1 aromatic carbocycles. The van der Waals surface area contributed by atoms with Crippen molar-refractivity contribution in [2.75, 3.05) is 18.9 Å². The first-order valence-electron chi connectivity index (χ1n) is 7.76. The Morgan fingerprint density at radius 1 is 1.21 bits per heavy atom. The minimum atomic E-state index is 0.113. The van der Waals surface area contributed by atoms with Crippen LogP contribution < -0.4 is 10.5 Å². The van der Waals surface area contributed by atoms with E-state index in [0.717, 1.165) is 40.8 Å². The molecular formula is C18H16ClN3O2. The van der Waals surface area contributed by atoms with Gasteiger partial charge in [-0.3, -0.25) is 0 Å². The first kappa shape index (κ1) is 15.2. The van der Waals surface area contributed by atoms with Crippen LogP contribution in [0.3, 0.4) is 0 Å². The molecule has 3 aromatic rings. The van der Waals surface area contributed by atoms with E-state index in [1.54, 1.807) is 12.3 Å². The summed E-state index contributed by atoms with van der Waals surface area (Å²) < 4.78 is 11.3. The molecular weight excluding hydrogens is 326 g/mol.